The molecule has 82 valence electrons. The van der Waals surface area contributed by atoms with E-state index in [9.17, 15) is 15.0 Å². The number of aliphatic hydroxyl groups is 2. The molecule has 1 aromatic heterocycles. The Labute approximate surface area is 85.2 Å². The highest BCUT2D eigenvalue weighted by molar-refractivity contribution is 5.67. The van der Waals surface area contributed by atoms with Crippen LogP contribution in [0.4, 0.5) is 5.95 Å². The van der Waals surface area contributed by atoms with E-state index in [-0.39, 0.29) is 11.6 Å². The van der Waals surface area contributed by atoms with Crippen LogP contribution in [0.25, 0.3) is 0 Å². The van der Waals surface area contributed by atoms with Gasteiger partial charge in [0.1, 0.15) is 6.10 Å². The Bertz CT molecular complexity index is 357. The number of aliphatic carboxylic acids is 1. The molecule has 1 heterocycles. The normalized spacial score (nSPS) is 14.5. The molecule has 0 amide bonds. The quantitative estimate of drug-likeness (QED) is 0.500. The molecular weight excluding hydrogens is 202 g/mol. The van der Waals surface area contributed by atoms with Crippen LogP contribution in [-0.4, -0.2) is 37.4 Å². The molecule has 15 heavy (non-hydrogen) atoms. The van der Waals surface area contributed by atoms with Crippen LogP contribution in [0.3, 0.4) is 0 Å². The molecule has 7 heteroatoms. The van der Waals surface area contributed by atoms with Crippen molar-refractivity contribution in [3.8, 4) is 0 Å². The summed E-state index contributed by atoms with van der Waals surface area (Å²) in [4.78, 5) is 17.5. The zero-order chi connectivity index (χ0) is 11.4. The van der Waals surface area contributed by atoms with E-state index in [0.29, 0.717) is 0 Å². The smallest absolute Gasteiger partial charge is 0.306 e. The van der Waals surface area contributed by atoms with Crippen molar-refractivity contribution < 1.29 is 20.1 Å². The van der Waals surface area contributed by atoms with E-state index < -0.39 is 24.6 Å². The fourth-order valence-corrected chi connectivity index (χ4v) is 1.04. The van der Waals surface area contributed by atoms with E-state index in [1.165, 1.54) is 12.3 Å². The predicted molar refractivity (Wildman–Crippen MR) is 49.7 cm³/mol. The molecule has 1 rings (SSSR count). The van der Waals surface area contributed by atoms with Gasteiger partial charge in [0.15, 0.2) is 0 Å². The first-order valence-corrected chi connectivity index (χ1v) is 4.17. The number of rotatable bonds is 4. The lowest BCUT2D eigenvalue weighted by Crippen LogP contribution is -2.22. The number of nitrogens with two attached hydrogens (primary N) is 1. The number of hydrogen-bond donors (Lipinski definition) is 4. The summed E-state index contributed by atoms with van der Waals surface area (Å²) >= 11 is 0. The number of carboxylic acid groups (broad SMARTS) is 1. The first kappa shape index (κ1) is 11.3. The fourth-order valence-electron chi connectivity index (χ4n) is 1.04. The first-order chi connectivity index (χ1) is 7.00. The van der Waals surface area contributed by atoms with Crippen molar-refractivity contribution in [3.63, 3.8) is 0 Å². The maximum Gasteiger partial charge on any atom is 0.306 e. The molecule has 2 unspecified atom stereocenters. The minimum Gasteiger partial charge on any atom is -0.481 e. The largest absolute Gasteiger partial charge is 0.481 e. The maximum atomic E-state index is 10.3. The van der Waals surface area contributed by atoms with Crippen LogP contribution in [0.15, 0.2) is 12.3 Å². The van der Waals surface area contributed by atoms with E-state index in [0.717, 1.165) is 0 Å². The SMILES string of the molecule is Nc1nccc(C(O)C(O)CC(=O)O)n1. The van der Waals surface area contributed by atoms with E-state index in [2.05, 4.69) is 9.97 Å². The monoisotopic (exact) mass is 213 g/mol. The molecule has 0 radical (unpaired) electrons. The van der Waals surface area contributed by atoms with Crippen molar-refractivity contribution in [1.82, 2.24) is 9.97 Å². The maximum absolute atomic E-state index is 10.3. The van der Waals surface area contributed by atoms with Gasteiger partial charge >= 0.3 is 5.97 Å². The Balaban J connectivity index is 2.75. The molecule has 0 bridgehead atoms. The van der Waals surface area contributed by atoms with Crippen molar-refractivity contribution in [2.45, 2.75) is 18.6 Å². The summed E-state index contributed by atoms with van der Waals surface area (Å²) in [5, 5.41) is 27.2. The number of carbonyl (C=O) groups is 1. The second-order valence-corrected chi connectivity index (χ2v) is 2.95. The predicted octanol–water partition coefficient (Wildman–Crippen LogP) is -1.07. The molecule has 7 nitrogen and oxygen atoms in total. The summed E-state index contributed by atoms with van der Waals surface area (Å²) in [5.74, 6) is -1.25. The van der Waals surface area contributed by atoms with Crippen LogP contribution < -0.4 is 5.73 Å². The van der Waals surface area contributed by atoms with Gasteiger partial charge in [0.2, 0.25) is 5.95 Å². The van der Waals surface area contributed by atoms with Crippen LogP contribution in [0.1, 0.15) is 18.2 Å². The lowest BCUT2D eigenvalue weighted by atomic mass is 10.1. The van der Waals surface area contributed by atoms with Gasteiger partial charge in [-0.15, -0.1) is 0 Å². The van der Waals surface area contributed by atoms with Crippen LogP contribution >= 0.6 is 0 Å². The topological polar surface area (TPSA) is 130 Å². The van der Waals surface area contributed by atoms with Gasteiger partial charge in [0.05, 0.1) is 18.2 Å². The fraction of sp³-hybridized carbons (Fsp3) is 0.375. The summed E-state index contributed by atoms with van der Waals surface area (Å²) in [7, 11) is 0. The van der Waals surface area contributed by atoms with Crippen molar-refractivity contribution in [3.05, 3.63) is 18.0 Å². The van der Waals surface area contributed by atoms with Crippen molar-refractivity contribution in [2.75, 3.05) is 5.73 Å². The van der Waals surface area contributed by atoms with Gasteiger partial charge in [-0.3, -0.25) is 4.79 Å². The summed E-state index contributed by atoms with van der Waals surface area (Å²) in [6, 6.07) is 1.35. The number of carboxylic acids is 1. The van der Waals surface area contributed by atoms with Crippen molar-refractivity contribution in [2.24, 2.45) is 0 Å². The van der Waals surface area contributed by atoms with Crippen LogP contribution in [0.2, 0.25) is 0 Å². The van der Waals surface area contributed by atoms with Crippen molar-refractivity contribution in [1.29, 1.82) is 0 Å². The lowest BCUT2D eigenvalue weighted by molar-refractivity contribution is -0.141. The van der Waals surface area contributed by atoms with Gasteiger partial charge in [-0.05, 0) is 6.07 Å². The minimum atomic E-state index is -1.42. The molecular formula is C8H11N3O4. The second-order valence-electron chi connectivity index (χ2n) is 2.95. The molecule has 5 N–H and O–H groups in total. The Morgan fingerprint density at radius 2 is 2.20 bits per heavy atom. The third kappa shape index (κ3) is 3.15. The summed E-state index contributed by atoms with van der Waals surface area (Å²) in [5.41, 5.74) is 5.36. The number of hydrogen-bond acceptors (Lipinski definition) is 6. The van der Waals surface area contributed by atoms with Crippen LogP contribution in [0, 0.1) is 0 Å². The van der Waals surface area contributed by atoms with Gasteiger partial charge in [0, 0.05) is 6.20 Å². The second kappa shape index (κ2) is 4.67. The van der Waals surface area contributed by atoms with E-state index in [1.54, 1.807) is 0 Å². The zero-order valence-corrected chi connectivity index (χ0v) is 7.74. The standard InChI is InChI=1S/C8H11N3O4/c9-8-10-2-1-4(11-8)7(15)5(12)3-6(13)14/h1-2,5,7,12,15H,3H2,(H,13,14)(H2,9,10,11). The highest BCUT2D eigenvalue weighted by atomic mass is 16.4. The molecule has 0 aliphatic carbocycles. The molecule has 0 saturated carbocycles. The number of anilines is 1. The molecule has 1 aromatic rings. The van der Waals surface area contributed by atoms with Gasteiger partial charge in [-0.2, -0.15) is 0 Å². The van der Waals surface area contributed by atoms with E-state index >= 15 is 0 Å². The third-order valence-corrected chi connectivity index (χ3v) is 1.75. The van der Waals surface area contributed by atoms with Crippen LogP contribution in [-0.2, 0) is 4.79 Å². The minimum absolute atomic E-state index is 0.0472. The number of nitrogen functional groups attached to an aromatic ring is 1. The summed E-state index contributed by atoms with van der Waals surface area (Å²) in [6.07, 6.45) is -2.05. The first-order valence-electron chi connectivity index (χ1n) is 4.17. The third-order valence-electron chi connectivity index (χ3n) is 1.75. The van der Waals surface area contributed by atoms with Crippen LogP contribution in [0.5, 0.6) is 0 Å². The number of aliphatic hydroxyl groups excluding tert-OH is 2. The molecule has 0 aromatic carbocycles. The molecule has 2 atom stereocenters. The average molecular weight is 213 g/mol. The Morgan fingerprint density at radius 3 is 2.73 bits per heavy atom. The molecule has 0 saturated heterocycles. The number of nitrogens with zero attached hydrogens (tertiary/aromatic N) is 2. The Kier molecular flexibility index (Phi) is 3.53. The van der Waals surface area contributed by atoms with Gasteiger partial charge < -0.3 is 21.1 Å². The summed E-state index contributed by atoms with van der Waals surface area (Å²) in [6.45, 7) is 0. The highest BCUT2D eigenvalue weighted by Gasteiger charge is 2.22. The summed E-state index contributed by atoms with van der Waals surface area (Å²) < 4.78 is 0. The molecule has 0 fully saturated rings. The lowest BCUT2D eigenvalue weighted by Gasteiger charge is -2.15. The Hall–Kier alpha value is -1.73. The average Bonchev–Trinajstić information content (AvgIpc) is 2.15. The highest BCUT2D eigenvalue weighted by Crippen LogP contribution is 2.16. The van der Waals surface area contributed by atoms with Gasteiger partial charge in [-0.25, -0.2) is 9.97 Å². The molecule has 0 aliphatic rings. The number of aromatic nitrogens is 2. The van der Waals surface area contributed by atoms with Gasteiger partial charge in [-0.1, -0.05) is 0 Å². The molecule has 0 spiro atoms. The molecule has 0 aliphatic heterocycles. The van der Waals surface area contributed by atoms with Crippen molar-refractivity contribution >= 4 is 11.9 Å². The van der Waals surface area contributed by atoms with E-state index in [4.69, 9.17) is 10.8 Å². The van der Waals surface area contributed by atoms with E-state index in [1.807, 2.05) is 0 Å². The van der Waals surface area contributed by atoms with Gasteiger partial charge in [0.25, 0.3) is 0 Å². The zero-order valence-electron chi connectivity index (χ0n) is 7.74. The Morgan fingerprint density at radius 1 is 1.53 bits per heavy atom.